The van der Waals surface area contributed by atoms with Crippen LogP contribution in [0.3, 0.4) is 0 Å². The van der Waals surface area contributed by atoms with Crippen molar-refractivity contribution in [2.24, 2.45) is 0 Å². The van der Waals surface area contributed by atoms with Crippen molar-refractivity contribution in [3.05, 3.63) is 59.5 Å². The lowest BCUT2D eigenvalue weighted by Crippen LogP contribution is -2.55. The third-order valence-corrected chi connectivity index (χ3v) is 3.13. The SMILES string of the molecule is Cc1ccc(C(=O)NN(C(=O)c2ccco2)C(C)(C)C)cc1. The summed E-state index contributed by atoms with van der Waals surface area (Å²) >= 11 is 0. The van der Waals surface area contributed by atoms with Crippen molar-refractivity contribution in [2.45, 2.75) is 33.2 Å². The number of aryl methyl sites for hydroxylation is 1. The molecule has 0 aliphatic heterocycles. The summed E-state index contributed by atoms with van der Waals surface area (Å²) in [6, 6.07) is 10.4. The lowest BCUT2D eigenvalue weighted by atomic mass is 10.1. The van der Waals surface area contributed by atoms with E-state index in [0.29, 0.717) is 5.56 Å². The zero-order chi connectivity index (χ0) is 16.3. The molecule has 0 bridgehead atoms. The first-order valence-corrected chi connectivity index (χ1v) is 7.05. The second-order valence-electron chi connectivity index (χ2n) is 6.10. The van der Waals surface area contributed by atoms with E-state index in [4.69, 9.17) is 4.42 Å². The van der Waals surface area contributed by atoms with Gasteiger partial charge in [0.05, 0.1) is 11.8 Å². The number of hydrogen-bond donors (Lipinski definition) is 1. The van der Waals surface area contributed by atoms with Crippen LogP contribution in [-0.2, 0) is 0 Å². The van der Waals surface area contributed by atoms with Crippen LogP contribution < -0.4 is 5.43 Å². The molecule has 5 nitrogen and oxygen atoms in total. The van der Waals surface area contributed by atoms with Crippen LogP contribution in [-0.4, -0.2) is 22.4 Å². The quantitative estimate of drug-likeness (QED) is 0.866. The Labute approximate surface area is 129 Å². The van der Waals surface area contributed by atoms with E-state index in [0.717, 1.165) is 5.56 Å². The molecule has 0 fully saturated rings. The van der Waals surface area contributed by atoms with Crippen LogP contribution in [0.4, 0.5) is 0 Å². The number of hydrogen-bond acceptors (Lipinski definition) is 3. The number of amides is 2. The topological polar surface area (TPSA) is 62.6 Å². The molecule has 116 valence electrons. The maximum Gasteiger partial charge on any atom is 0.308 e. The van der Waals surface area contributed by atoms with E-state index in [1.165, 1.54) is 11.3 Å². The highest BCUT2D eigenvalue weighted by atomic mass is 16.3. The van der Waals surface area contributed by atoms with Gasteiger partial charge < -0.3 is 4.42 Å². The van der Waals surface area contributed by atoms with Gasteiger partial charge in [-0.05, 0) is 52.0 Å². The Balaban J connectivity index is 2.22. The lowest BCUT2D eigenvalue weighted by Gasteiger charge is -2.34. The Hall–Kier alpha value is -2.56. The monoisotopic (exact) mass is 300 g/mol. The van der Waals surface area contributed by atoms with Gasteiger partial charge in [0.1, 0.15) is 0 Å². The zero-order valence-electron chi connectivity index (χ0n) is 13.2. The molecule has 1 aromatic carbocycles. The number of rotatable bonds is 2. The summed E-state index contributed by atoms with van der Waals surface area (Å²) in [5.74, 6) is -0.549. The smallest absolute Gasteiger partial charge is 0.308 e. The molecule has 0 radical (unpaired) electrons. The van der Waals surface area contributed by atoms with Crippen LogP contribution in [0.15, 0.2) is 47.1 Å². The van der Waals surface area contributed by atoms with Crippen molar-refractivity contribution in [1.82, 2.24) is 10.4 Å². The maximum absolute atomic E-state index is 12.5. The molecule has 0 aliphatic carbocycles. The highest BCUT2D eigenvalue weighted by Crippen LogP contribution is 2.16. The summed E-state index contributed by atoms with van der Waals surface area (Å²) in [6.45, 7) is 7.46. The molecule has 2 amide bonds. The summed E-state index contributed by atoms with van der Waals surface area (Å²) in [7, 11) is 0. The van der Waals surface area contributed by atoms with Gasteiger partial charge in [0.2, 0.25) is 0 Å². The van der Waals surface area contributed by atoms with Crippen LogP contribution in [0.25, 0.3) is 0 Å². The third-order valence-electron chi connectivity index (χ3n) is 3.13. The van der Waals surface area contributed by atoms with Gasteiger partial charge in [-0.15, -0.1) is 0 Å². The van der Waals surface area contributed by atoms with Gasteiger partial charge >= 0.3 is 5.91 Å². The minimum absolute atomic E-state index is 0.180. The average molecular weight is 300 g/mol. The van der Waals surface area contributed by atoms with Crippen LogP contribution >= 0.6 is 0 Å². The van der Waals surface area contributed by atoms with Crippen LogP contribution in [0, 0.1) is 6.92 Å². The molecule has 0 aliphatic rings. The van der Waals surface area contributed by atoms with Gasteiger partial charge in [-0.2, -0.15) is 0 Å². The number of benzene rings is 1. The van der Waals surface area contributed by atoms with Crippen molar-refractivity contribution in [2.75, 3.05) is 0 Å². The van der Waals surface area contributed by atoms with Gasteiger partial charge in [0.15, 0.2) is 5.76 Å². The van der Waals surface area contributed by atoms with E-state index in [2.05, 4.69) is 5.43 Å². The summed E-state index contributed by atoms with van der Waals surface area (Å²) in [5, 5.41) is 1.29. The Kier molecular flexibility index (Phi) is 4.35. The summed E-state index contributed by atoms with van der Waals surface area (Å²) in [5.41, 5.74) is 3.63. The first-order chi connectivity index (χ1) is 10.3. The van der Waals surface area contributed by atoms with Gasteiger partial charge in [-0.25, -0.2) is 5.01 Å². The van der Waals surface area contributed by atoms with E-state index < -0.39 is 11.4 Å². The van der Waals surface area contributed by atoms with Crippen LogP contribution in [0.2, 0.25) is 0 Å². The van der Waals surface area contributed by atoms with Crippen molar-refractivity contribution >= 4 is 11.8 Å². The highest BCUT2D eigenvalue weighted by molar-refractivity contribution is 5.98. The molecular formula is C17H20N2O3. The van der Waals surface area contributed by atoms with Crippen LogP contribution in [0.1, 0.15) is 47.2 Å². The van der Waals surface area contributed by atoms with Gasteiger partial charge in [-0.3, -0.25) is 15.0 Å². The van der Waals surface area contributed by atoms with E-state index in [1.54, 1.807) is 24.3 Å². The van der Waals surface area contributed by atoms with Crippen molar-refractivity contribution in [3.63, 3.8) is 0 Å². The number of nitrogens with one attached hydrogen (secondary N) is 1. The van der Waals surface area contributed by atoms with E-state index in [-0.39, 0.29) is 11.7 Å². The largest absolute Gasteiger partial charge is 0.459 e. The minimum Gasteiger partial charge on any atom is -0.459 e. The molecule has 1 N–H and O–H groups in total. The van der Waals surface area contributed by atoms with Gasteiger partial charge in [0, 0.05) is 5.56 Å². The van der Waals surface area contributed by atoms with E-state index in [9.17, 15) is 9.59 Å². The Morgan fingerprint density at radius 3 is 2.23 bits per heavy atom. The number of nitrogens with zero attached hydrogens (tertiary/aromatic N) is 1. The third kappa shape index (κ3) is 3.55. The van der Waals surface area contributed by atoms with Crippen molar-refractivity contribution in [1.29, 1.82) is 0 Å². The first-order valence-electron chi connectivity index (χ1n) is 7.05. The summed E-state index contributed by atoms with van der Waals surface area (Å²) in [6.07, 6.45) is 1.43. The molecule has 22 heavy (non-hydrogen) atoms. The molecule has 0 atom stereocenters. The molecule has 0 saturated carbocycles. The second kappa shape index (κ2) is 6.05. The Bertz CT molecular complexity index is 652. The minimum atomic E-state index is -0.593. The average Bonchev–Trinajstić information content (AvgIpc) is 2.97. The van der Waals surface area contributed by atoms with Crippen molar-refractivity contribution < 1.29 is 14.0 Å². The lowest BCUT2D eigenvalue weighted by molar-refractivity contribution is 0.0333. The van der Waals surface area contributed by atoms with Crippen molar-refractivity contribution in [3.8, 4) is 0 Å². The standard InChI is InChI=1S/C17H20N2O3/c1-12-7-9-13(10-8-12)15(20)18-19(17(2,3)4)16(21)14-6-5-11-22-14/h5-11H,1-4H3,(H,18,20). The molecular weight excluding hydrogens is 280 g/mol. The normalized spacial score (nSPS) is 11.1. The molecule has 0 unspecified atom stereocenters. The molecule has 0 saturated heterocycles. The molecule has 1 aromatic heterocycles. The molecule has 2 rings (SSSR count). The summed E-state index contributed by atoms with van der Waals surface area (Å²) < 4.78 is 5.13. The fraction of sp³-hybridized carbons (Fsp3) is 0.294. The first kappa shape index (κ1) is 15.8. The number of furan rings is 1. The molecule has 0 spiro atoms. The fourth-order valence-electron chi connectivity index (χ4n) is 1.90. The zero-order valence-corrected chi connectivity index (χ0v) is 13.2. The van der Waals surface area contributed by atoms with E-state index >= 15 is 0 Å². The van der Waals surface area contributed by atoms with Crippen LogP contribution in [0.5, 0.6) is 0 Å². The van der Waals surface area contributed by atoms with E-state index in [1.807, 2.05) is 39.8 Å². The maximum atomic E-state index is 12.5. The van der Waals surface area contributed by atoms with Gasteiger partial charge in [-0.1, -0.05) is 17.7 Å². The second-order valence-corrected chi connectivity index (χ2v) is 6.10. The molecule has 2 aromatic rings. The molecule has 5 heteroatoms. The fourth-order valence-corrected chi connectivity index (χ4v) is 1.90. The number of carbonyl (C=O) groups excluding carboxylic acids is 2. The molecule has 1 heterocycles. The predicted octanol–water partition coefficient (Wildman–Crippen LogP) is 3.17. The summed E-state index contributed by atoms with van der Waals surface area (Å²) in [4.78, 5) is 24.8. The Morgan fingerprint density at radius 1 is 1.09 bits per heavy atom. The number of hydrazine groups is 1. The number of carbonyl (C=O) groups is 2. The van der Waals surface area contributed by atoms with Gasteiger partial charge in [0.25, 0.3) is 5.91 Å². The Morgan fingerprint density at radius 2 is 1.73 bits per heavy atom. The highest BCUT2D eigenvalue weighted by Gasteiger charge is 2.31. The predicted molar refractivity (Wildman–Crippen MR) is 83.3 cm³/mol.